The van der Waals surface area contributed by atoms with E-state index in [-0.39, 0.29) is 18.5 Å². The Morgan fingerprint density at radius 1 is 1.21 bits per heavy atom. The fourth-order valence-electron chi connectivity index (χ4n) is 2.34. The van der Waals surface area contributed by atoms with Crippen molar-refractivity contribution in [2.24, 2.45) is 5.10 Å². The van der Waals surface area contributed by atoms with E-state index in [0.717, 1.165) is 3.57 Å². The van der Waals surface area contributed by atoms with E-state index in [4.69, 9.17) is 9.47 Å². The third-order valence-electron chi connectivity index (χ3n) is 3.67. The van der Waals surface area contributed by atoms with Gasteiger partial charge in [0.25, 0.3) is 0 Å². The van der Waals surface area contributed by atoms with Crippen LogP contribution in [-0.2, 0) is 9.59 Å². The molecule has 0 fully saturated rings. The molecule has 0 radical (unpaired) electrons. The van der Waals surface area contributed by atoms with Crippen molar-refractivity contribution in [3.05, 3.63) is 51.3 Å². The highest BCUT2D eigenvalue weighted by Gasteiger charge is 2.11. The van der Waals surface area contributed by atoms with Crippen LogP contribution < -0.4 is 20.2 Å². The SMILES string of the molecule is CCOc1c(I)cc(C=NNC(=O)CCC(=O)Nc2ccccc2F)cc1OC. The first-order valence-electron chi connectivity index (χ1n) is 8.81. The van der Waals surface area contributed by atoms with Gasteiger partial charge in [-0.3, -0.25) is 9.59 Å². The Kier molecular flexibility index (Phi) is 8.84. The molecule has 0 saturated heterocycles. The van der Waals surface area contributed by atoms with Crippen molar-refractivity contribution in [2.75, 3.05) is 19.0 Å². The van der Waals surface area contributed by atoms with Crippen molar-refractivity contribution in [3.63, 3.8) is 0 Å². The van der Waals surface area contributed by atoms with Crippen LogP contribution in [0, 0.1) is 9.39 Å². The van der Waals surface area contributed by atoms with Crippen molar-refractivity contribution in [1.29, 1.82) is 0 Å². The zero-order chi connectivity index (χ0) is 21.2. The molecule has 0 unspecified atom stereocenters. The second kappa shape index (κ2) is 11.3. The zero-order valence-corrected chi connectivity index (χ0v) is 18.2. The Labute approximate surface area is 181 Å². The summed E-state index contributed by atoms with van der Waals surface area (Å²) in [5, 5.41) is 6.32. The van der Waals surface area contributed by atoms with Crippen molar-refractivity contribution in [3.8, 4) is 11.5 Å². The molecule has 0 spiro atoms. The fraction of sp³-hybridized carbons (Fsp3) is 0.250. The number of halogens is 2. The fourth-order valence-corrected chi connectivity index (χ4v) is 3.12. The molecule has 9 heteroatoms. The molecule has 0 aromatic heterocycles. The molecule has 2 N–H and O–H groups in total. The number of nitrogens with zero attached hydrogens (tertiary/aromatic N) is 1. The minimum atomic E-state index is -0.532. The van der Waals surface area contributed by atoms with E-state index >= 15 is 0 Å². The smallest absolute Gasteiger partial charge is 0.240 e. The number of ether oxygens (including phenoxy) is 2. The largest absolute Gasteiger partial charge is 0.493 e. The van der Waals surface area contributed by atoms with Crippen LogP contribution in [0.15, 0.2) is 41.5 Å². The maximum Gasteiger partial charge on any atom is 0.240 e. The zero-order valence-electron chi connectivity index (χ0n) is 16.0. The standard InChI is InChI=1S/C20H21FIN3O4/c1-3-29-20-15(22)10-13(11-17(20)28-2)12-23-25-19(27)9-8-18(26)24-16-7-5-4-6-14(16)21/h4-7,10-12H,3,8-9H2,1-2H3,(H,24,26)(H,25,27). The number of para-hydroxylation sites is 1. The minimum Gasteiger partial charge on any atom is -0.493 e. The first-order chi connectivity index (χ1) is 13.9. The normalized spacial score (nSPS) is 10.6. The Morgan fingerprint density at radius 2 is 1.93 bits per heavy atom. The number of nitrogens with one attached hydrogen (secondary N) is 2. The van der Waals surface area contributed by atoms with Crippen LogP contribution in [0.5, 0.6) is 11.5 Å². The van der Waals surface area contributed by atoms with Gasteiger partial charge in [-0.2, -0.15) is 5.10 Å². The van der Waals surface area contributed by atoms with E-state index in [0.29, 0.717) is 23.7 Å². The highest BCUT2D eigenvalue weighted by molar-refractivity contribution is 14.1. The van der Waals surface area contributed by atoms with Gasteiger partial charge in [-0.15, -0.1) is 0 Å². The molecule has 0 bridgehead atoms. The summed E-state index contributed by atoms with van der Waals surface area (Å²) in [6, 6.07) is 9.41. The minimum absolute atomic E-state index is 0.0787. The van der Waals surface area contributed by atoms with Gasteiger partial charge in [0, 0.05) is 12.8 Å². The lowest BCUT2D eigenvalue weighted by Gasteiger charge is -2.12. The van der Waals surface area contributed by atoms with Gasteiger partial charge in [-0.25, -0.2) is 9.82 Å². The second-order valence-corrected chi connectivity index (χ2v) is 6.95. The summed E-state index contributed by atoms with van der Waals surface area (Å²) in [4.78, 5) is 23.7. The molecular weight excluding hydrogens is 492 g/mol. The lowest BCUT2D eigenvalue weighted by atomic mass is 10.2. The number of anilines is 1. The van der Waals surface area contributed by atoms with Gasteiger partial charge < -0.3 is 14.8 Å². The number of rotatable bonds is 9. The first-order valence-corrected chi connectivity index (χ1v) is 9.89. The van der Waals surface area contributed by atoms with Gasteiger partial charge >= 0.3 is 0 Å². The Hall–Kier alpha value is -2.69. The van der Waals surface area contributed by atoms with Gasteiger partial charge in [-0.1, -0.05) is 12.1 Å². The average molecular weight is 513 g/mol. The molecule has 0 aliphatic heterocycles. The van der Waals surface area contributed by atoms with Crippen molar-refractivity contribution in [2.45, 2.75) is 19.8 Å². The summed E-state index contributed by atoms with van der Waals surface area (Å²) < 4.78 is 25.2. The van der Waals surface area contributed by atoms with Gasteiger partial charge in [0.1, 0.15) is 5.82 Å². The summed E-state index contributed by atoms with van der Waals surface area (Å²) in [5.41, 5.74) is 3.15. The Bertz CT molecular complexity index is 905. The molecule has 2 aromatic carbocycles. The number of carbonyl (C=O) groups excluding carboxylic acids is 2. The average Bonchev–Trinajstić information content (AvgIpc) is 2.70. The van der Waals surface area contributed by atoms with Crippen molar-refractivity contribution < 1.29 is 23.5 Å². The van der Waals surface area contributed by atoms with E-state index in [1.807, 2.05) is 13.0 Å². The molecule has 0 atom stereocenters. The molecule has 0 aliphatic rings. The number of benzene rings is 2. The summed E-state index contributed by atoms with van der Waals surface area (Å²) in [6.07, 6.45) is 1.30. The molecule has 0 aliphatic carbocycles. The van der Waals surface area contributed by atoms with Crippen LogP contribution >= 0.6 is 22.6 Å². The number of hydrazone groups is 1. The third kappa shape index (κ3) is 7.00. The first kappa shape index (κ1) is 22.6. The van der Waals surface area contributed by atoms with Crippen LogP contribution in [0.4, 0.5) is 10.1 Å². The van der Waals surface area contributed by atoms with Crippen LogP contribution in [0.1, 0.15) is 25.3 Å². The molecular formula is C20H21FIN3O4. The summed E-state index contributed by atoms with van der Waals surface area (Å²) in [5.74, 6) is -0.207. The predicted molar refractivity (Wildman–Crippen MR) is 117 cm³/mol. The van der Waals surface area contributed by atoms with Crippen LogP contribution in [-0.4, -0.2) is 31.7 Å². The highest BCUT2D eigenvalue weighted by atomic mass is 127. The number of hydrogen-bond acceptors (Lipinski definition) is 5. The van der Waals surface area contributed by atoms with E-state index < -0.39 is 17.6 Å². The molecule has 7 nitrogen and oxygen atoms in total. The second-order valence-electron chi connectivity index (χ2n) is 5.79. The van der Waals surface area contributed by atoms with E-state index in [1.54, 1.807) is 19.2 Å². The van der Waals surface area contributed by atoms with E-state index in [2.05, 4.69) is 38.4 Å². The Morgan fingerprint density at radius 3 is 2.62 bits per heavy atom. The number of methoxy groups -OCH3 is 1. The summed E-state index contributed by atoms with van der Waals surface area (Å²) in [7, 11) is 1.54. The highest BCUT2D eigenvalue weighted by Crippen LogP contribution is 2.33. The molecule has 0 heterocycles. The molecule has 29 heavy (non-hydrogen) atoms. The summed E-state index contributed by atoms with van der Waals surface area (Å²) in [6.45, 7) is 2.40. The topological polar surface area (TPSA) is 89.0 Å². The van der Waals surface area contributed by atoms with Gasteiger partial charge in [-0.05, 0) is 59.3 Å². The predicted octanol–water partition coefficient (Wildman–Crippen LogP) is 3.71. The molecule has 154 valence electrons. The number of hydrogen-bond donors (Lipinski definition) is 2. The number of carbonyl (C=O) groups is 2. The monoisotopic (exact) mass is 513 g/mol. The van der Waals surface area contributed by atoms with Crippen LogP contribution in [0.3, 0.4) is 0 Å². The molecule has 2 rings (SSSR count). The molecule has 0 saturated carbocycles. The maximum atomic E-state index is 13.5. The summed E-state index contributed by atoms with van der Waals surface area (Å²) >= 11 is 2.13. The molecule has 2 aromatic rings. The van der Waals surface area contributed by atoms with Crippen LogP contribution in [0.25, 0.3) is 0 Å². The van der Waals surface area contributed by atoms with Crippen LogP contribution in [0.2, 0.25) is 0 Å². The van der Waals surface area contributed by atoms with Gasteiger partial charge in [0.2, 0.25) is 11.8 Å². The molecule has 2 amide bonds. The lowest BCUT2D eigenvalue weighted by molar-refractivity contribution is -0.124. The number of amides is 2. The lowest BCUT2D eigenvalue weighted by Crippen LogP contribution is -2.21. The van der Waals surface area contributed by atoms with Crippen molar-refractivity contribution >= 4 is 46.3 Å². The third-order valence-corrected chi connectivity index (χ3v) is 4.47. The maximum absolute atomic E-state index is 13.5. The van der Waals surface area contributed by atoms with Gasteiger partial charge in [0.15, 0.2) is 11.5 Å². The van der Waals surface area contributed by atoms with Gasteiger partial charge in [0.05, 0.1) is 29.2 Å². The van der Waals surface area contributed by atoms with E-state index in [1.165, 1.54) is 24.4 Å². The Balaban J connectivity index is 1.85. The van der Waals surface area contributed by atoms with E-state index in [9.17, 15) is 14.0 Å². The quantitative estimate of drug-likeness (QED) is 0.304. The van der Waals surface area contributed by atoms with Crippen molar-refractivity contribution in [1.82, 2.24) is 5.43 Å².